The quantitative estimate of drug-likeness (QED) is 0.715. The van der Waals surface area contributed by atoms with Gasteiger partial charge < -0.3 is 5.32 Å². The predicted molar refractivity (Wildman–Crippen MR) is 44.8 cm³/mol. The van der Waals surface area contributed by atoms with Crippen LogP contribution in [-0.2, 0) is 0 Å². The molecule has 1 aliphatic heterocycles. The van der Waals surface area contributed by atoms with Crippen molar-refractivity contribution < 1.29 is 13.2 Å². The van der Waals surface area contributed by atoms with Gasteiger partial charge in [-0.2, -0.15) is 13.2 Å². The van der Waals surface area contributed by atoms with Gasteiger partial charge in [-0.25, -0.2) is 0 Å². The van der Waals surface area contributed by atoms with Crippen LogP contribution in [0, 0.1) is 0 Å². The van der Waals surface area contributed by atoms with Crippen molar-refractivity contribution in [2.45, 2.75) is 31.9 Å². The maximum atomic E-state index is 11.7. The minimum Gasteiger partial charge on any atom is -0.374 e. The van der Waals surface area contributed by atoms with Gasteiger partial charge in [0.1, 0.15) is 0 Å². The Labute approximate surface area is 75.2 Å². The van der Waals surface area contributed by atoms with E-state index in [0.717, 1.165) is 31.6 Å². The molecule has 0 fully saturated rings. The van der Waals surface area contributed by atoms with E-state index in [0.29, 0.717) is 0 Å². The summed E-state index contributed by atoms with van der Waals surface area (Å²) < 4.78 is 35.2. The summed E-state index contributed by atoms with van der Waals surface area (Å²) >= 11 is 0. The summed E-state index contributed by atoms with van der Waals surface area (Å²) in [7, 11) is 0. The van der Waals surface area contributed by atoms with Crippen molar-refractivity contribution in [1.82, 2.24) is 5.32 Å². The average Bonchev–Trinajstić information content (AvgIpc) is 2.04. The van der Waals surface area contributed by atoms with Gasteiger partial charge >= 0.3 is 6.18 Å². The smallest absolute Gasteiger partial charge is 0.374 e. The number of rotatable bonds is 2. The number of alkyl halides is 3. The van der Waals surface area contributed by atoms with Gasteiger partial charge in [-0.3, -0.25) is 4.99 Å². The van der Waals surface area contributed by atoms with Crippen LogP contribution in [0.3, 0.4) is 0 Å². The number of nitrogens with zero attached hydrogens (tertiary/aromatic N) is 1. The van der Waals surface area contributed by atoms with E-state index in [1.165, 1.54) is 0 Å². The molecule has 0 saturated heterocycles. The lowest BCUT2D eigenvalue weighted by Gasteiger charge is -2.14. The fourth-order valence-corrected chi connectivity index (χ4v) is 1.19. The first-order valence-corrected chi connectivity index (χ1v) is 4.42. The fourth-order valence-electron chi connectivity index (χ4n) is 1.19. The molecule has 0 saturated carbocycles. The van der Waals surface area contributed by atoms with E-state index >= 15 is 0 Å². The first-order chi connectivity index (χ1) is 6.08. The van der Waals surface area contributed by atoms with Crippen molar-refractivity contribution in [3.8, 4) is 0 Å². The summed E-state index contributed by atoms with van der Waals surface area (Å²) in [5.74, 6) is 0.732. The molecule has 2 nitrogen and oxygen atoms in total. The van der Waals surface area contributed by atoms with E-state index in [9.17, 15) is 13.2 Å². The van der Waals surface area contributed by atoms with Gasteiger partial charge in [-0.1, -0.05) is 0 Å². The van der Waals surface area contributed by atoms with Crippen molar-refractivity contribution in [2.24, 2.45) is 4.99 Å². The highest BCUT2D eigenvalue weighted by molar-refractivity contribution is 5.82. The van der Waals surface area contributed by atoms with Gasteiger partial charge in [-0.05, 0) is 12.8 Å². The number of aliphatic imine (C=N–C) groups is 1. The zero-order valence-electron chi connectivity index (χ0n) is 7.32. The summed E-state index contributed by atoms with van der Waals surface area (Å²) in [6.07, 6.45) is -1.99. The molecule has 0 amide bonds. The van der Waals surface area contributed by atoms with Crippen molar-refractivity contribution in [3.05, 3.63) is 0 Å². The standard InChI is InChI=1S/C8H13F3N2/c9-8(10,11)4-6-13-7-3-1-2-5-12-7/h1-6H2,(H,12,13). The van der Waals surface area contributed by atoms with E-state index in [2.05, 4.69) is 10.3 Å². The zero-order chi connectivity index (χ0) is 9.73. The Balaban J connectivity index is 2.15. The van der Waals surface area contributed by atoms with E-state index < -0.39 is 12.6 Å². The highest BCUT2D eigenvalue weighted by atomic mass is 19.4. The number of hydrogen-bond donors (Lipinski definition) is 1. The second-order valence-corrected chi connectivity index (χ2v) is 3.08. The summed E-state index contributed by atoms with van der Waals surface area (Å²) in [4.78, 5) is 4.09. The number of nitrogens with one attached hydrogen (secondary N) is 1. The molecule has 1 N–H and O–H groups in total. The largest absolute Gasteiger partial charge is 0.390 e. The number of amidine groups is 1. The van der Waals surface area contributed by atoms with Gasteiger partial charge in [0.2, 0.25) is 0 Å². The maximum absolute atomic E-state index is 11.7. The molecule has 1 rings (SSSR count). The Bertz CT molecular complexity index is 186. The second-order valence-electron chi connectivity index (χ2n) is 3.08. The lowest BCUT2D eigenvalue weighted by Crippen LogP contribution is -2.29. The molecule has 76 valence electrons. The highest BCUT2D eigenvalue weighted by Gasteiger charge is 2.26. The third kappa shape index (κ3) is 4.75. The fraction of sp³-hybridized carbons (Fsp3) is 0.875. The lowest BCUT2D eigenvalue weighted by molar-refractivity contribution is -0.132. The molecular formula is C8H13F3N2. The first-order valence-electron chi connectivity index (χ1n) is 4.42. The molecule has 0 aromatic rings. The third-order valence-corrected chi connectivity index (χ3v) is 1.86. The van der Waals surface area contributed by atoms with Gasteiger partial charge in [0, 0.05) is 19.5 Å². The number of hydrogen-bond acceptors (Lipinski definition) is 2. The summed E-state index contributed by atoms with van der Waals surface area (Å²) in [5.41, 5.74) is 0. The van der Waals surface area contributed by atoms with Crippen LogP contribution in [0.1, 0.15) is 25.7 Å². The molecule has 0 spiro atoms. The Morgan fingerprint density at radius 1 is 1.31 bits per heavy atom. The molecule has 0 unspecified atom stereocenters. The molecule has 0 bridgehead atoms. The molecule has 0 aromatic carbocycles. The molecule has 0 atom stereocenters. The van der Waals surface area contributed by atoms with Crippen molar-refractivity contribution in [1.29, 1.82) is 0 Å². The minimum absolute atomic E-state index is 0.0532. The third-order valence-electron chi connectivity index (χ3n) is 1.86. The predicted octanol–water partition coefficient (Wildman–Crippen LogP) is 2.11. The van der Waals surface area contributed by atoms with Gasteiger partial charge in [0.25, 0.3) is 0 Å². The summed E-state index contributed by atoms with van der Waals surface area (Å²) in [6, 6.07) is 0. The van der Waals surface area contributed by atoms with Crippen LogP contribution in [-0.4, -0.2) is 25.1 Å². The van der Waals surface area contributed by atoms with Crippen LogP contribution < -0.4 is 5.32 Å². The van der Waals surface area contributed by atoms with E-state index in [1.54, 1.807) is 0 Å². The number of halogens is 3. The molecule has 1 heterocycles. The monoisotopic (exact) mass is 194 g/mol. The Morgan fingerprint density at radius 2 is 2.08 bits per heavy atom. The van der Waals surface area contributed by atoms with Crippen LogP contribution in [0.4, 0.5) is 13.2 Å². The summed E-state index contributed by atoms with van der Waals surface area (Å²) in [6.45, 7) is 0.691. The SMILES string of the molecule is FC(F)(F)CCNC1=NCCCC1. The van der Waals surface area contributed by atoms with Gasteiger partial charge in [0.05, 0.1) is 12.3 Å². The van der Waals surface area contributed by atoms with Crippen LogP contribution in [0.25, 0.3) is 0 Å². The average molecular weight is 194 g/mol. The second kappa shape index (κ2) is 4.48. The lowest BCUT2D eigenvalue weighted by atomic mass is 10.2. The molecule has 0 aromatic heterocycles. The van der Waals surface area contributed by atoms with Crippen molar-refractivity contribution >= 4 is 5.84 Å². The molecular weight excluding hydrogens is 181 g/mol. The van der Waals surface area contributed by atoms with Crippen molar-refractivity contribution in [2.75, 3.05) is 13.1 Å². The zero-order valence-corrected chi connectivity index (χ0v) is 7.32. The van der Waals surface area contributed by atoms with Crippen LogP contribution in [0.5, 0.6) is 0 Å². The normalized spacial score (nSPS) is 18.2. The van der Waals surface area contributed by atoms with E-state index in [4.69, 9.17) is 0 Å². The molecule has 5 heteroatoms. The molecule has 0 aliphatic carbocycles. The molecule has 1 aliphatic rings. The Morgan fingerprint density at radius 3 is 2.62 bits per heavy atom. The van der Waals surface area contributed by atoms with Crippen LogP contribution >= 0.6 is 0 Å². The van der Waals surface area contributed by atoms with Crippen LogP contribution in [0.2, 0.25) is 0 Å². The maximum Gasteiger partial charge on any atom is 0.390 e. The minimum atomic E-state index is -4.07. The van der Waals surface area contributed by atoms with Gasteiger partial charge in [0.15, 0.2) is 0 Å². The van der Waals surface area contributed by atoms with E-state index in [1.807, 2.05) is 0 Å². The summed E-state index contributed by atoms with van der Waals surface area (Å²) in [5, 5.41) is 2.71. The molecule has 0 radical (unpaired) electrons. The van der Waals surface area contributed by atoms with Gasteiger partial charge in [-0.15, -0.1) is 0 Å². The van der Waals surface area contributed by atoms with Crippen LogP contribution in [0.15, 0.2) is 4.99 Å². The first kappa shape index (κ1) is 10.3. The highest BCUT2D eigenvalue weighted by Crippen LogP contribution is 2.18. The van der Waals surface area contributed by atoms with Crippen molar-refractivity contribution in [3.63, 3.8) is 0 Å². The Hall–Kier alpha value is -0.740. The Kier molecular flexibility index (Phi) is 3.57. The molecule has 13 heavy (non-hydrogen) atoms. The van der Waals surface area contributed by atoms with E-state index in [-0.39, 0.29) is 6.54 Å². The topological polar surface area (TPSA) is 24.4 Å².